The summed E-state index contributed by atoms with van der Waals surface area (Å²) in [6.45, 7) is -0.507. The maximum absolute atomic E-state index is 12.2. The van der Waals surface area contributed by atoms with E-state index in [1.54, 1.807) is 24.3 Å². The lowest BCUT2D eigenvalue weighted by molar-refractivity contribution is -0.156. The van der Waals surface area contributed by atoms with Gasteiger partial charge in [0.2, 0.25) is 6.10 Å². The topological polar surface area (TPSA) is 92.3 Å². The second kappa shape index (κ2) is 8.71. The third-order valence-electron chi connectivity index (χ3n) is 3.87. The zero-order valence-electron chi connectivity index (χ0n) is 15.2. The molecule has 0 unspecified atom stereocenters. The minimum absolute atomic E-state index is 0.000619. The zero-order chi connectivity index (χ0) is 20.1. The molecule has 0 bridgehead atoms. The van der Waals surface area contributed by atoms with Crippen LogP contribution in [0, 0.1) is 0 Å². The van der Waals surface area contributed by atoms with E-state index < -0.39 is 24.6 Å². The van der Waals surface area contributed by atoms with E-state index >= 15 is 0 Å². The van der Waals surface area contributed by atoms with Gasteiger partial charge in [-0.15, -0.1) is 0 Å². The average molecular weight is 408 g/mol. The highest BCUT2D eigenvalue weighted by Crippen LogP contribution is 2.36. The van der Waals surface area contributed by atoms with E-state index in [9.17, 15) is 9.59 Å². The maximum atomic E-state index is 12.2. The van der Waals surface area contributed by atoms with Gasteiger partial charge in [-0.25, -0.2) is 4.79 Å². The molecule has 1 atom stereocenters. The first-order chi connectivity index (χ1) is 13.5. The van der Waals surface area contributed by atoms with E-state index in [0.29, 0.717) is 33.7 Å². The number of nitrogens with one attached hydrogen (secondary N) is 1. The molecule has 0 aromatic heterocycles. The van der Waals surface area contributed by atoms with Crippen molar-refractivity contribution in [3.63, 3.8) is 0 Å². The van der Waals surface area contributed by atoms with E-state index in [4.69, 9.17) is 35.3 Å². The van der Waals surface area contributed by atoms with Gasteiger partial charge in [0, 0.05) is 6.07 Å². The summed E-state index contributed by atoms with van der Waals surface area (Å²) in [4.78, 5) is 24.3. The molecule has 1 aliphatic heterocycles. The Morgan fingerprint density at radius 2 is 1.86 bits per heavy atom. The molecule has 0 fully saturated rings. The molecule has 0 saturated heterocycles. The second-order valence-electron chi connectivity index (χ2n) is 5.71. The number of halogens is 1. The molecule has 0 saturated carbocycles. The van der Waals surface area contributed by atoms with Crippen LogP contribution in [0.5, 0.6) is 23.0 Å². The molecule has 1 heterocycles. The lowest BCUT2D eigenvalue weighted by Gasteiger charge is -2.24. The highest BCUT2D eigenvalue weighted by atomic mass is 35.5. The normalized spacial score (nSPS) is 14.8. The lowest BCUT2D eigenvalue weighted by Crippen LogP contribution is -2.39. The Balaban J connectivity index is 1.56. The van der Waals surface area contributed by atoms with Crippen LogP contribution in [0.4, 0.5) is 5.69 Å². The molecule has 0 radical (unpaired) electrons. The van der Waals surface area contributed by atoms with Gasteiger partial charge in [-0.2, -0.15) is 0 Å². The van der Waals surface area contributed by atoms with Crippen molar-refractivity contribution in [2.24, 2.45) is 0 Å². The fourth-order valence-electron chi connectivity index (χ4n) is 2.51. The van der Waals surface area contributed by atoms with Crippen molar-refractivity contribution in [1.29, 1.82) is 0 Å². The first-order valence-corrected chi connectivity index (χ1v) is 8.66. The van der Waals surface area contributed by atoms with Crippen molar-refractivity contribution in [3.8, 4) is 23.0 Å². The minimum atomic E-state index is -0.951. The number of esters is 1. The SMILES string of the molecule is COc1cc(OC)c(NC(=O)COC(=O)[C@@H]2COc3ccccc3O2)cc1Cl. The van der Waals surface area contributed by atoms with Gasteiger partial charge in [-0.3, -0.25) is 4.79 Å². The molecule has 2 aromatic rings. The number of para-hydroxylation sites is 2. The number of amides is 1. The monoisotopic (exact) mass is 407 g/mol. The van der Waals surface area contributed by atoms with E-state index in [1.807, 2.05) is 0 Å². The summed E-state index contributed by atoms with van der Waals surface area (Å²) in [5.74, 6) is 0.471. The molecule has 1 amide bonds. The number of hydrogen-bond donors (Lipinski definition) is 1. The summed E-state index contributed by atoms with van der Waals surface area (Å²) in [5.41, 5.74) is 0.320. The highest BCUT2D eigenvalue weighted by molar-refractivity contribution is 6.32. The first kappa shape index (κ1) is 19.6. The summed E-state index contributed by atoms with van der Waals surface area (Å²) < 4.78 is 26.3. The predicted octanol–water partition coefficient (Wildman–Crippen LogP) is 2.68. The zero-order valence-corrected chi connectivity index (χ0v) is 15.9. The second-order valence-corrected chi connectivity index (χ2v) is 6.11. The number of ether oxygens (including phenoxy) is 5. The Kier molecular flexibility index (Phi) is 6.10. The van der Waals surface area contributed by atoms with E-state index in [-0.39, 0.29) is 6.61 Å². The number of anilines is 1. The average Bonchev–Trinajstić information content (AvgIpc) is 2.71. The van der Waals surface area contributed by atoms with Gasteiger partial charge in [0.05, 0.1) is 24.9 Å². The van der Waals surface area contributed by atoms with Gasteiger partial charge in [-0.1, -0.05) is 23.7 Å². The smallest absolute Gasteiger partial charge is 0.351 e. The highest BCUT2D eigenvalue weighted by Gasteiger charge is 2.29. The van der Waals surface area contributed by atoms with Crippen molar-refractivity contribution >= 4 is 29.2 Å². The summed E-state index contributed by atoms with van der Waals surface area (Å²) in [7, 11) is 2.91. The van der Waals surface area contributed by atoms with Gasteiger partial charge in [0.1, 0.15) is 18.1 Å². The number of carbonyl (C=O) groups excluding carboxylic acids is 2. The van der Waals surface area contributed by atoms with Crippen LogP contribution in [-0.4, -0.2) is 45.4 Å². The van der Waals surface area contributed by atoms with Crippen LogP contribution in [0.3, 0.4) is 0 Å². The number of benzene rings is 2. The largest absolute Gasteiger partial charge is 0.495 e. The molecule has 0 aliphatic carbocycles. The van der Waals surface area contributed by atoms with Crippen LogP contribution >= 0.6 is 11.6 Å². The third kappa shape index (κ3) is 4.40. The van der Waals surface area contributed by atoms with Crippen molar-refractivity contribution in [2.45, 2.75) is 6.10 Å². The van der Waals surface area contributed by atoms with E-state index in [0.717, 1.165) is 0 Å². The number of methoxy groups -OCH3 is 2. The fraction of sp³-hybridized carbons (Fsp3) is 0.263. The Labute approximate surface area is 166 Å². The van der Waals surface area contributed by atoms with Crippen molar-refractivity contribution in [1.82, 2.24) is 0 Å². The molecule has 2 aromatic carbocycles. The Morgan fingerprint density at radius 3 is 2.57 bits per heavy atom. The van der Waals surface area contributed by atoms with Gasteiger partial charge in [0.15, 0.2) is 18.1 Å². The summed E-state index contributed by atoms with van der Waals surface area (Å²) in [6.07, 6.45) is -0.951. The van der Waals surface area contributed by atoms with Crippen molar-refractivity contribution in [3.05, 3.63) is 41.4 Å². The first-order valence-electron chi connectivity index (χ1n) is 8.28. The lowest BCUT2D eigenvalue weighted by atomic mass is 10.2. The van der Waals surface area contributed by atoms with Crippen LogP contribution in [0.2, 0.25) is 5.02 Å². The van der Waals surface area contributed by atoms with Gasteiger partial charge in [0.25, 0.3) is 5.91 Å². The molecule has 8 nitrogen and oxygen atoms in total. The van der Waals surface area contributed by atoms with Gasteiger partial charge >= 0.3 is 5.97 Å². The molecular formula is C19H18ClNO7. The third-order valence-corrected chi connectivity index (χ3v) is 4.16. The van der Waals surface area contributed by atoms with Crippen LogP contribution in [0.1, 0.15) is 0 Å². The van der Waals surface area contributed by atoms with Crippen LogP contribution in [0.15, 0.2) is 36.4 Å². The van der Waals surface area contributed by atoms with Gasteiger partial charge in [-0.05, 0) is 18.2 Å². The molecule has 9 heteroatoms. The Bertz CT molecular complexity index is 887. The summed E-state index contributed by atoms with van der Waals surface area (Å²) in [6, 6.07) is 9.99. The van der Waals surface area contributed by atoms with Gasteiger partial charge < -0.3 is 29.0 Å². The molecule has 3 rings (SSSR count). The molecular weight excluding hydrogens is 390 g/mol. The molecule has 1 aliphatic rings. The molecule has 1 N–H and O–H groups in total. The standard InChI is InChI=1S/C19H18ClNO7/c1-24-15-8-16(25-2)12(7-11(15)20)21-18(22)10-27-19(23)17-9-26-13-5-3-4-6-14(13)28-17/h3-8,17H,9-10H2,1-2H3,(H,21,22)/t17-/m0/s1. The maximum Gasteiger partial charge on any atom is 0.351 e. The van der Waals surface area contributed by atoms with E-state index in [2.05, 4.69) is 5.32 Å². The predicted molar refractivity (Wildman–Crippen MR) is 100 cm³/mol. The minimum Gasteiger partial charge on any atom is -0.495 e. The van der Waals surface area contributed by atoms with Crippen LogP contribution < -0.4 is 24.3 Å². The fourth-order valence-corrected chi connectivity index (χ4v) is 2.75. The Morgan fingerprint density at radius 1 is 1.14 bits per heavy atom. The number of hydrogen-bond acceptors (Lipinski definition) is 7. The van der Waals surface area contributed by atoms with E-state index in [1.165, 1.54) is 26.4 Å². The van der Waals surface area contributed by atoms with Crippen LogP contribution in [-0.2, 0) is 14.3 Å². The van der Waals surface area contributed by atoms with Crippen molar-refractivity contribution < 1.29 is 33.3 Å². The van der Waals surface area contributed by atoms with Crippen molar-refractivity contribution in [2.75, 3.05) is 32.8 Å². The molecule has 0 spiro atoms. The molecule has 28 heavy (non-hydrogen) atoms. The number of rotatable bonds is 6. The molecule has 148 valence electrons. The summed E-state index contributed by atoms with van der Waals surface area (Å²) in [5, 5.41) is 2.87. The van der Waals surface area contributed by atoms with Crippen LogP contribution in [0.25, 0.3) is 0 Å². The quantitative estimate of drug-likeness (QED) is 0.736. The Hall–Kier alpha value is -3.13. The summed E-state index contributed by atoms with van der Waals surface area (Å²) >= 11 is 6.06. The number of carbonyl (C=O) groups is 2. The number of fused-ring (bicyclic) bond motifs is 1.